The summed E-state index contributed by atoms with van der Waals surface area (Å²) in [6, 6.07) is 3.57. The van der Waals surface area contributed by atoms with Crippen LogP contribution in [0.15, 0.2) is 12.1 Å². The third-order valence-electron chi connectivity index (χ3n) is 2.62. The van der Waals surface area contributed by atoms with Gasteiger partial charge in [-0.3, -0.25) is 4.79 Å². The molecule has 0 bridgehead atoms. The first-order valence-corrected chi connectivity index (χ1v) is 8.03. The minimum Gasteiger partial charge on any atom is -0.349 e. The average molecular weight is 301 g/mol. The van der Waals surface area contributed by atoms with Crippen LogP contribution >= 0.6 is 23.4 Å². The monoisotopic (exact) mass is 300 g/mol. The van der Waals surface area contributed by atoms with Gasteiger partial charge in [-0.25, -0.2) is 4.98 Å². The summed E-state index contributed by atoms with van der Waals surface area (Å²) in [5, 5.41) is 3.35. The average Bonchev–Trinajstić information content (AvgIpc) is 2.35. The van der Waals surface area contributed by atoms with Gasteiger partial charge in [-0.2, -0.15) is 11.8 Å². The number of nitrogens with one attached hydrogen (secondary N) is 1. The normalized spacial score (nSPS) is 12.5. The van der Waals surface area contributed by atoms with E-state index in [1.165, 1.54) is 0 Å². The van der Waals surface area contributed by atoms with Gasteiger partial charge in [0.1, 0.15) is 5.15 Å². The first-order chi connectivity index (χ1) is 8.93. The van der Waals surface area contributed by atoms with Crippen LogP contribution in [0.1, 0.15) is 49.7 Å². The lowest BCUT2D eigenvalue weighted by Crippen LogP contribution is -2.34. The number of rotatable bonds is 6. The van der Waals surface area contributed by atoms with E-state index in [2.05, 4.69) is 17.2 Å². The van der Waals surface area contributed by atoms with Crippen LogP contribution in [0.2, 0.25) is 5.15 Å². The number of carbonyl (C=O) groups excluding carboxylic acids is 1. The number of hydrogen-bond acceptors (Lipinski definition) is 3. The molecule has 1 unspecified atom stereocenters. The van der Waals surface area contributed by atoms with Crippen molar-refractivity contribution in [3.63, 3.8) is 0 Å². The molecule has 3 nitrogen and oxygen atoms in total. The second-order valence-electron chi connectivity index (χ2n) is 4.79. The summed E-state index contributed by atoms with van der Waals surface area (Å²) in [7, 11) is 0. The van der Waals surface area contributed by atoms with Crippen LogP contribution < -0.4 is 5.32 Å². The number of nitrogens with zero attached hydrogens (tertiary/aromatic N) is 1. The van der Waals surface area contributed by atoms with E-state index in [9.17, 15) is 4.79 Å². The van der Waals surface area contributed by atoms with Gasteiger partial charge in [-0.1, -0.05) is 32.4 Å². The Hall–Kier alpha value is -0.740. The number of pyridine rings is 1. The second kappa shape index (κ2) is 7.75. The molecule has 106 valence electrons. The van der Waals surface area contributed by atoms with Gasteiger partial charge >= 0.3 is 0 Å². The van der Waals surface area contributed by atoms with E-state index >= 15 is 0 Å². The molecule has 1 aromatic heterocycles. The van der Waals surface area contributed by atoms with Gasteiger partial charge in [0.25, 0.3) is 5.91 Å². The van der Waals surface area contributed by atoms with E-state index in [0.717, 1.165) is 17.2 Å². The van der Waals surface area contributed by atoms with Crippen LogP contribution in [-0.4, -0.2) is 28.4 Å². The first kappa shape index (κ1) is 16.3. The highest BCUT2D eigenvalue weighted by atomic mass is 35.5. The number of hydrogen-bond donors (Lipinski definition) is 1. The standard InChI is InChI=1S/C14H21ClN2OS/c1-5-19-8-10(4)16-14(18)11-6-12(9(2)3)17-13(15)7-11/h6-7,9-10H,5,8H2,1-4H3,(H,16,18). The molecule has 0 aliphatic carbocycles. The van der Waals surface area contributed by atoms with Gasteiger partial charge < -0.3 is 5.32 Å². The SMILES string of the molecule is CCSCC(C)NC(=O)c1cc(Cl)nc(C(C)C)c1. The van der Waals surface area contributed by atoms with Crippen molar-refractivity contribution in [2.45, 2.75) is 39.7 Å². The quantitative estimate of drug-likeness (QED) is 0.814. The zero-order chi connectivity index (χ0) is 14.4. The van der Waals surface area contributed by atoms with Gasteiger partial charge in [0, 0.05) is 23.1 Å². The molecule has 1 amide bonds. The Morgan fingerprint density at radius 1 is 1.42 bits per heavy atom. The van der Waals surface area contributed by atoms with E-state index in [0.29, 0.717) is 10.7 Å². The molecule has 19 heavy (non-hydrogen) atoms. The van der Waals surface area contributed by atoms with Gasteiger partial charge in [0.15, 0.2) is 0 Å². The molecule has 0 fully saturated rings. The fourth-order valence-corrected chi connectivity index (χ4v) is 2.48. The molecule has 1 atom stereocenters. The molecule has 0 saturated carbocycles. The maximum atomic E-state index is 12.1. The second-order valence-corrected chi connectivity index (χ2v) is 6.50. The third-order valence-corrected chi connectivity index (χ3v) is 3.95. The van der Waals surface area contributed by atoms with Crippen molar-refractivity contribution in [1.82, 2.24) is 10.3 Å². The lowest BCUT2D eigenvalue weighted by molar-refractivity contribution is 0.0943. The van der Waals surface area contributed by atoms with Crippen molar-refractivity contribution >= 4 is 29.3 Å². The van der Waals surface area contributed by atoms with E-state index in [1.54, 1.807) is 6.07 Å². The molecule has 0 aliphatic rings. The molecule has 0 saturated heterocycles. The zero-order valence-corrected chi connectivity index (χ0v) is 13.4. The minimum absolute atomic E-state index is 0.0876. The Balaban J connectivity index is 2.76. The summed E-state index contributed by atoms with van der Waals surface area (Å²) in [4.78, 5) is 16.4. The molecule has 0 spiro atoms. The maximum absolute atomic E-state index is 12.1. The maximum Gasteiger partial charge on any atom is 0.251 e. The van der Waals surface area contributed by atoms with Crippen molar-refractivity contribution in [1.29, 1.82) is 0 Å². The van der Waals surface area contributed by atoms with Gasteiger partial charge in [0.2, 0.25) is 0 Å². The number of thioether (sulfide) groups is 1. The van der Waals surface area contributed by atoms with Crippen LogP contribution in [-0.2, 0) is 0 Å². The summed E-state index contributed by atoms with van der Waals surface area (Å²) in [6.45, 7) is 8.17. The Labute approximate surface area is 124 Å². The molecule has 5 heteroatoms. The van der Waals surface area contributed by atoms with Crippen LogP contribution in [0.4, 0.5) is 0 Å². The summed E-state index contributed by atoms with van der Waals surface area (Å²) in [5.41, 5.74) is 1.42. The van der Waals surface area contributed by atoms with Crippen molar-refractivity contribution in [3.8, 4) is 0 Å². The smallest absolute Gasteiger partial charge is 0.251 e. The Morgan fingerprint density at radius 3 is 2.68 bits per heavy atom. The molecule has 1 N–H and O–H groups in total. The summed E-state index contributed by atoms with van der Waals surface area (Å²) in [5.74, 6) is 2.13. The van der Waals surface area contributed by atoms with E-state index in [1.807, 2.05) is 38.6 Å². The van der Waals surface area contributed by atoms with Gasteiger partial charge in [-0.05, 0) is 30.7 Å². The Kier molecular flexibility index (Phi) is 6.66. The number of carbonyl (C=O) groups is 1. The summed E-state index contributed by atoms with van der Waals surface area (Å²) in [6.07, 6.45) is 0. The molecule has 0 aromatic carbocycles. The molecular formula is C14H21ClN2OS. The van der Waals surface area contributed by atoms with E-state index < -0.39 is 0 Å². The Bertz CT molecular complexity index is 437. The zero-order valence-electron chi connectivity index (χ0n) is 11.9. The topological polar surface area (TPSA) is 42.0 Å². The molecule has 1 aromatic rings. The van der Waals surface area contributed by atoms with Gasteiger partial charge in [0.05, 0.1) is 0 Å². The summed E-state index contributed by atoms with van der Waals surface area (Å²) >= 11 is 7.77. The predicted molar refractivity (Wildman–Crippen MR) is 83.3 cm³/mol. The highest BCUT2D eigenvalue weighted by Gasteiger charge is 2.13. The van der Waals surface area contributed by atoms with Crippen molar-refractivity contribution in [2.75, 3.05) is 11.5 Å². The fourth-order valence-electron chi connectivity index (χ4n) is 1.59. The summed E-state index contributed by atoms with van der Waals surface area (Å²) < 4.78 is 0. The first-order valence-electron chi connectivity index (χ1n) is 6.50. The number of amides is 1. The lowest BCUT2D eigenvalue weighted by Gasteiger charge is -2.14. The Morgan fingerprint density at radius 2 is 2.11 bits per heavy atom. The molecule has 1 heterocycles. The number of halogens is 1. The molecular weight excluding hydrogens is 280 g/mol. The predicted octanol–water partition coefficient (Wildman–Crippen LogP) is 3.73. The molecule has 1 rings (SSSR count). The minimum atomic E-state index is -0.0876. The highest BCUT2D eigenvalue weighted by Crippen LogP contribution is 2.17. The fraction of sp³-hybridized carbons (Fsp3) is 0.571. The van der Waals surface area contributed by atoms with Crippen molar-refractivity contribution in [3.05, 3.63) is 28.5 Å². The highest BCUT2D eigenvalue weighted by molar-refractivity contribution is 7.99. The largest absolute Gasteiger partial charge is 0.349 e. The lowest BCUT2D eigenvalue weighted by atomic mass is 10.1. The molecule has 0 aliphatic heterocycles. The molecule has 0 radical (unpaired) electrons. The van der Waals surface area contributed by atoms with Gasteiger partial charge in [-0.15, -0.1) is 0 Å². The number of aromatic nitrogens is 1. The van der Waals surface area contributed by atoms with Crippen LogP contribution in [0, 0.1) is 0 Å². The van der Waals surface area contributed by atoms with Crippen LogP contribution in [0.5, 0.6) is 0 Å². The van der Waals surface area contributed by atoms with E-state index in [-0.39, 0.29) is 17.9 Å². The van der Waals surface area contributed by atoms with E-state index in [4.69, 9.17) is 11.6 Å². The van der Waals surface area contributed by atoms with Crippen LogP contribution in [0.3, 0.4) is 0 Å². The van der Waals surface area contributed by atoms with Crippen molar-refractivity contribution < 1.29 is 4.79 Å². The third kappa shape index (κ3) is 5.41. The van der Waals surface area contributed by atoms with Crippen LogP contribution in [0.25, 0.3) is 0 Å². The van der Waals surface area contributed by atoms with Crippen molar-refractivity contribution in [2.24, 2.45) is 0 Å².